The molecule has 0 saturated carbocycles. The number of unbranched alkanes of at least 4 members (excludes halogenated alkanes) is 2. The van der Waals surface area contributed by atoms with Crippen molar-refractivity contribution in [2.75, 3.05) is 38.2 Å². The highest BCUT2D eigenvalue weighted by atomic mass is 79.9. The summed E-state index contributed by atoms with van der Waals surface area (Å²) in [4.78, 5) is 13.5. The molecule has 1 aromatic rings. The average Bonchev–Trinajstić information content (AvgIpc) is 2.61. The lowest BCUT2D eigenvalue weighted by atomic mass is 10.1. The van der Waals surface area contributed by atoms with Crippen molar-refractivity contribution >= 4 is 11.8 Å². The average molecular weight is 415 g/mol. The minimum Gasteiger partial charge on any atom is -1.00 e. The van der Waals surface area contributed by atoms with Crippen LogP contribution in [0.5, 0.6) is 5.75 Å². The van der Waals surface area contributed by atoms with Crippen molar-refractivity contribution in [2.24, 2.45) is 0 Å². The van der Waals surface area contributed by atoms with Crippen LogP contribution in [0.2, 0.25) is 0 Å². The third kappa shape index (κ3) is 8.59. The molecule has 142 valence electrons. The van der Waals surface area contributed by atoms with Crippen molar-refractivity contribution in [3.05, 3.63) is 24.3 Å². The fourth-order valence-electron chi connectivity index (χ4n) is 2.97. The van der Waals surface area contributed by atoms with Crippen LogP contribution in [0.15, 0.2) is 24.3 Å². The van der Waals surface area contributed by atoms with Crippen LogP contribution in [0.4, 0.5) is 10.5 Å². The lowest BCUT2D eigenvalue weighted by Crippen LogP contribution is -3.13. The van der Waals surface area contributed by atoms with Crippen molar-refractivity contribution in [2.45, 2.75) is 45.4 Å². The van der Waals surface area contributed by atoms with Gasteiger partial charge in [0.2, 0.25) is 0 Å². The topological polar surface area (TPSA) is 52.0 Å². The van der Waals surface area contributed by atoms with Crippen LogP contribution in [0, 0.1) is 0 Å². The molecule has 0 bridgehead atoms. The van der Waals surface area contributed by atoms with Gasteiger partial charge in [-0.1, -0.05) is 31.9 Å². The first-order chi connectivity index (χ1) is 11.8. The summed E-state index contributed by atoms with van der Waals surface area (Å²) in [7, 11) is 0. The molecule has 2 rings (SSSR count). The van der Waals surface area contributed by atoms with Gasteiger partial charge in [-0.2, -0.15) is 0 Å². The second-order valence-corrected chi connectivity index (χ2v) is 6.37. The number of halogens is 1. The van der Waals surface area contributed by atoms with Crippen LogP contribution in [0.3, 0.4) is 0 Å². The molecule has 1 amide bonds. The maximum absolute atomic E-state index is 12.0. The number of hydrogen-bond acceptors (Lipinski definition) is 3. The number of ether oxygens (including phenoxy) is 2. The van der Waals surface area contributed by atoms with Crippen LogP contribution in [-0.4, -0.2) is 38.9 Å². The Morgan fingerprint density at radius 3 is 2.64 bits per heavy atom. The molecule has 5 nitrogen and oxygen atoms in total. The van der Waals surface area contributed by atoms with E-state index in [0.717, 1.165) is 25.8 Å². The molecule has 0 spiro atoms. The third-order valence-corrected chi connectivity index (χ3v) is 4.38. The van der Waals surface area contributed by atoms with Crippen molar-refractivity contribution in [3.63, 3.8) is 0 Å². The zero-order valence-corrected chi connectivity index (χ0v) is 16.8. The smallest absolute Gasteiger partial charge is 0.411 e. The van der Waals surface area contributed by atoms with E-state index in [1.165, 1.54) is 37.3 Å². The molecule has 2 N–H and O–H groups in total. The van der Waals surface area contributed by atoms with E-state index < -0.39 is 6.09 Å². The zero-order chi connectivity index (χ0) is 17.0. The van der Waals surface area contributed by atoms with Crippen LogP contribution in [0.25, 0.3) is 0 Å². The fraction of sp³-hybridized carbons (Fsp3) is 0.632. The van der Waals surface area contributed by atoms with Gasteiger partial charge in [-0.3, -0.25) is 5.32 Å². The van der Waals surface area contributed by atoms with E-state index in [4.69, 9.17) is 9.47 Å². The predicted molar refractivity (Wildman–Crippen MR) is 95.8 cm³/mol. The van der Waals surface area contributed by atoms with E-state index in [2.05, 4.69) is 12.2 Å². The van der Waals surface area contributed by atoms with Gasteiger partial charge >= 0.3 is 6.09 Å². The summed E-state index contributed by atoms with van der Waals surface area (Å²) in [6, 6.07) is 7.50. The summed E-state index contributed by atoms with van der Waals surface area (Å²) in [6.07, 6.45) is 6.82. The van der Waals surface area contributed by atoms with Gasteiger partial charge in [-0.25, -0.2) is 4.79 Å². The molecule has 0 unspecified atom stereocenters. The molecular formula is C19H31BrN2O3. The van der Waals surface area contributed by atoms with Crippen molar-refractivity contribution in [3.8, 4) is 5.75 Å². The Morgan fingerprint density at radius 1 is 1.12 bits per heavy atom. The quantitative estimate of drug-likeness (QED) is 0.553. The SMILES string of the molecule is CCCCCOc1ccccc1NC(=O)OCC[NH+]1CCCCC1.[Br-]. The number of para-hydroxylation sites is 2. The lowest BCUT2D eigenvalue weighted by Gasteiger charge is -2.23. The van der Waals surface area contributed by atoms with Crippen LogP contribution in [0.1, 0.15) is 45.4 Å². The summed E-state index contributed by atoms with van der Waals surface area (Å²) in [5.74, 6) is 0.701. The van der Waals surface area contributed by atoms with Gasteiger partial charge in [-0.15, -0.1) is 0 Å². The van der Waals surface area contributed by atoms with E-state index in [9.17, 15) is 4.79 Å². The van der Waals surface area contributed by atoms with Gasteiger partial charge in [0.15, 0.2) is 0 Å². The summed E-state index contributed by atoms with van der Waals surface area (Å²) in [6.45, 7) is 6.57. The highest BCUT2D eigenvalue weighted by Gasteiger charge is 2.14. The van der Waals surface area contributed by atoms with E-state index in [0.29, 0.717) is 24.7 Å². The molecule has 1 saturated heterocycles. The Hall–Kier alpha value is -1.27. The molecular weight excluding hydrogens is 384 g/mol. The Morgan fingerprint density at radius 2 is 1.88 bits per heavy atom. The van der Waals surface area contributed by atoms with E-state index in [1.807, 2.05) is 24.3 Å². The molecule has 1 fully saturated rings. The van der Waals surface area contributed by atoms with Gasteiger partial charge in [0.05, 0.1) is 25.4 Å². The first kappa shape index (κ1) is 21.8. The number of likely N-dealkylation sites (tertiary alicyclic amines) is 1. The second kappa shape index (κ2) is 13.0. The number of quaternary nitrogens is 1. The zero-order valence-electron chi connectivity index (χ0n) is 15.2. The van der Waals surface area contributed by atoms with Crippen molar-refractivity contribution in [1.29, 1.82) is 0 Å². The van der Waals surface area contributed by atoms with Gasteiger partial charge < -0.3 is 31.4 Å². The molecule has 0 aliphatic carbocycles. The minimum atomic E-state index is -0.406. The molecule has 0 aromatic heterocycles. The van der Waals surface area contributed by atoms with Crippen LogP contribution in [-0.2, 0) is 4.74 Å². The monoisotopic (exact) mass is 414 g/mol. The van der Waals surface area contributed by atoms with Crippen LogP contribution >= 0.6 is 0 Å². The maximum Gasteiger partial charge on any atom is 0.411 e. The molecule has 1 aliphatic heterocycles. The highest BCUT2D eigenvalue weighted by molar-refractivity contribution is 5.86. The Labute approximate surface area is 161 Å². The van der Waals surface area contributed by atoms with E-state index in [1.54, 1.807) is 0 Å². The lowest BCUT2D eigenvalue weighted by molar-refractivity contribution is -0.905. The Bertz CT molecular complexity index is 493. The number of nitrogens with one attached hydrogen (secondary N) is 2. The second-order valence-electron chi connectivity index (χ2n) is 6.37. The summed E-state index contributed by atoms with van der Waals surface area (Å²) in [5.41, 5.74) is 0.671. The molecule has 1 aliphatic rings. The first-order valence-corrected chi connectivity index (χ1v) is 9.28. The largest absolute Gasteiger partial charge is 1.00 e. The highest BCUT2D eigenvalue weighted by Crippen LogP contribution is 2.24. The normalized spacial score (nSPS) is 14.4. The molecule has 0 radical (unpaired) electrons. The molecule has 6 heteroatoms. The van der Waals surface area contributed by atoms with Gasteiger partial charge in [0, 0.05) is 0 Å². The number of rotatable bonds is 9. The maximum atomic E-state index is 12.0. The predicted octanol–water partition coefficient (Wildman–Crippen LogP) is -0.123. The Balaban J connectivity index is 0.00000312. The van der Waals surface area contributed by atoms with Gasteiger partial charge in [0.1, 0.15) is 18.9 Å². The Kier molecular flexibility index (Phi) is 11.3. The summed E-state index contributed by atoms with van der Waals surface area (Å²) < 4.78 is 11.1. The molecule has 1 aromatic carbocycles. The van der Waals surface area contributed by atoms with Crippen molar-refractivity contribution in [1.82, 2.24) is 0 Å². The number of carbonyl (C=O) groups is 1. The third-order valence-electron chi connectivity index (χ3n) is 4.38. The number of benzene rings is 1. The number of anilines is 1. The fourth-order valence-corrected chi connectivity index (χ4v) is 2.97. The number of carbonyl (C=O) groups excluding carboxylic acids is 1. The summed E-state index contributed by atoms with van der Waals surface area (Å²) >= 11 is 0. The first-order valence-electron chi connectivity index (χ1n) is 9.28. The van der Waals surface area contributed by atoms with Gasteiger partial charge in [0.25, 0.3) is 0 Å². The molecule has 25 heavy (non-hydrogen) atoms. The van der Waals surface area contributed by atoms with Gasteiger partial charge in [-0.05, 0) is 37.8 Å². The summed E-state index contributed by atoms with van der Waals surface area (Å²) in [5, 5.41) is 2.79. The van der Waals surface area contributed by atoms with Crippen LogP contribution < -0.4 is 31.9 Å². The molecule has 1 heterocycles. The number of amides is 1. The minimum absolute atomic E-state index is 0. The van der Waals surface area contributed by atoms with Crippen molar-refractivity contribution < 1.29 is 36.1 Å². The number of piperidine rings is 1. The standard InChI is InChI=1S/C19H30N2O3.BrH/c1-2-3-9-15-23-18-11-6-5-10-17(18)20-19(22)24-16-14-21-12-7-4-8-13-21;/h5-6,10-11H,2-4,7-9,12-16H2,1H3,(H,20,22);1H. The van der Waals surface area contributed by atoms with E-state index >= 15 is 0 Å². The number of hydrogen-bond donors (Lipinski definition) is 2. The van der Waals surface area contributed by atoms with E-state index in [-0.39, 0.29) is 17.0 Å². The molecule has 0 atom stereocenters.